The van der Waals surface area contributed by atoms with Crippen LogP contribution in [0.4, 0.5) is 5.69 Å². The summed E-state index contributed by atoms with van der Waals surface area (Å²) in [6.07, 6.45) is 4.74. The molecule has 1 rings (SSSR count). The summed E-state index contributed by atoms with van der Waals surface area (Å²) in [6.45, 7) is 1.98. The molecule has 0 spiro atoms. The van der Waals surface area contributed by atoms with E-state index in [0.717, 1.165) is 12.1 Å². The number of rotatable bonds is 3. The normalized spacial score (nSPS) is 9.42. The van der Waals surface area contributed by atoms with Crippen molar-refractivity contribution >= 4 is 11.6 Å². The second kappa shape index (κ2) is 4.49. The molecule has 1 amide bonds. The Bertz CT molecular complexity index is 246. The summed E-state index contributed by atoms with van der Waals surface area (Å²) in [6, 6.07) is 3.61. The summed E-state index contributed by atoms with van der Waals surface area (Å²) in [5.41, 5.74) is 0.760. The molecule has 3 heteroatoms. The predicted molar refractivity (Wildman–Crippen MR) is 47.8 cm³/mol. The lowest BCUT2D eigenvalue weighted by Gasteiger charge is -2.01. The van der Waals surface area contributed by atoms with Gasteiger partial charge in [-0.1, -0.05) is 6.92 Å². The zero-order chi connectivity index (χ0) is 8.81. The van der Waals surface area contributed by atoms with E-state index in [4.69, 9.17) is 0 Å². The van der Waals surface area contributed by atoms with Crippen LogP contribution in [0.1, 0.15) is 19.8 Å². The summed E-state index contributed by atoms with van der Waals surface area (Å²) in [5.74, 6) is 0.0468. The summed E-state index contributed by atoms with van der Waals surface area (Å²) in [7, 11) is 0. The number of carbonyl (C=O) groups excluding carboxylic acids is 1. The Hall–Kier alpha value is -1.38. The molecule has 64 valence electrons. The monoisotopic (exact) mass is 164 g/mol. The summed E-state index contributed by atoms with van der Waals surface area (Å²) in [4.78, 5) is 15.0. The number of pyridine rings is 1. The molecule has 3 nitrogen and oxygen atoms in total. The van der Waals surface area contributed by atoms with Crippen molar-refractivity contribution in [1.29, 1.82) is 0 Å². The smallest absolute Gasteiger partial charge is 0.224 e. The molecule has 0 aliphatic carbocycles. The molecule has 0 unspecified atom stereocenters. The zero-order valence-electron chi connectivity index (χ0n) is 7.08. The Morgan fingerprint density at radius 1 is 1.67 bits per heavy atom. The lowest BCUT2D eigenvalue weighted by Crippen LogP contribution is -2.10. The molecule has 0 fully saturated rings. The van der Waals surface area contributed by atoms with E-state index in [-0.39, 0.29) is 5.91 Å². The van der Waals surface area contributed by atoms with Crippen LogP contribution in [0.2, 0.25) is 0 Å². The van der Waals surface area contributed by atoms with Crippen LogP contribution in [0.3, 0.4) is 0 Å². The van der Waals surface area contributed by atoms with Gasteiger partial charge >= 0.3 is 0 Å². The van der Waals surface area contributed by atoms with Gasteiger partial charge in [-0.05, 0) is 18.6 Å². The van der Waals surface area contributed by atoms with Gasteiger partial charge in [0.25, 0.3) is 0 Å². The number of anilines is 1. The first-order valence-corrected chi connectivity index (χ1v) is 4.03. The molecule has 1 aromatic rings. The van der Waals surface area contributed by atoms with Crippen molar-refractivity contribution in [3.63, 3.8) is 0 Å². The Kier molecular flexibility index (Phi) is 3.26. The molecular formula is C9H12N2O. The van der Waals surface area contributed by atoms with Crippen LogP contribution in [0, 0.1) is 0 Å². The number of carbonyl (C=O) groups is 1. The van der Waals surface area contributed by atoms with Crippen molar-refractivity contribution in [2.45, 2.75) is 19.8 Å². The first-order valence-electron chi connectivity index (χ1n) is 4.03. The van der Waals surface area contributed by atoms with E-state index in [1.807, 2.05) is 13.0 Å². The zero-order valence-corrected chi connectivity index (χ0v) is 7.08. The molecule has 0 aromatic carbocycles. The first kappa shape index (κ1) is 8.71. The Morgan fingerprint density at radius 2 is 2.50 bits per heavy atom. The summed E-state index contributed by atoms with van der Waals surface area (Å²) in [5, 5.41) is 2.74. The quantitative estimate of drug-likeness (QED) is 0.740. The van der Waals surface area contributed by atoms with Crippen molar-refractivity contribution in [1.82, 2.24) is 4.98 Å². The summed E-state index contributed by atoms with van der Waals surface area (Å²) < 4.78 is 0. The molecular weight excluding hydrogens is 152 g/mol. The van der Waals surface area contributed by atoms with Crippen LogP contribution in [-0.2, 0) is 4.79 Å². The fourth-order valence-corrected chi connectivity index (χ4v) is 0.887. The Morgan fingerprint density at radius 3 is 3.08 bits per heavy atom. The van der Waals surface area contributed by atoms with Crippen LogP contribution >= 0.6 is 0 Å². The number of amides is 1. The maximum absolute atomic E-state index is 11.1. The molecule has 0 saturated heterocycles. The van der Waals surface area contributed by atoms with Gasteiger partial charge in [-0.15, -0.1) is 0 Å². The van der Waals surface area contributed by atoms with Gasteiger partial charge in [-0.2, -0.15) is 0 Å². The van der Waals surface area contributed by atoms with E-state index in [9.17, 15) is 4.79 Å². The number of nitrogens with one attached hydrogen (secondary N) is 1. The molecule has 0 aliphatic heterocycles. The molecule has 1 heterocycles. The minimum atomic E-state index is 0.0468. The van der Waals surface area contributed by atoms with Gasteiger partial charge in [0.05, 0.1) is 11.9 Å². The van der Waals surface area contributed by atoms with Crippen molar-refractivity contribution < 1.29 is 4.79 Å². The number of nitrogens with zero attached hydrogens (tertiary/aromatic N) is 1. The molecule has 0 radical (unpaired) electrons. The Balaban J connectivity index is 2.47. The lowest BCUT2D eigenvalue weighted by molar-refractivity contribution is -0.116. The second-order valence-corrected chi connectivity index (χ2v) is 2.54. The number of aromatic nitrogens is 1. The van der Waals surface area contributed by atoms with Gasteiger partial charge in [0.2, 0.25) is 5.91 Å². The van der Waals surface area contributed by atoms with Crippen molar-refractivity contribution in [3.8, 4) is 0 Å². The maximum Gasteiger partial charge on any atom is 0.224 e. The van der Waals surface area contributed by atoms with Crippen LogP contribution in [-0.4, -0.2) is 10.9 Å². The van der Waals surface area contributed by atoms with Crippen LogP contribution in [0.15, 0.2) is 24.5 Å². The molecule has 0 bridgehead atoms. The van der Waals surface area contributed by atoms with Gasteiger partial charge < -0.3 is 5.32 Å². The van der Waals surface area contributed by atoms with Crippen LogP contribution < -0.4 is 5.32 Å². The minimum Gasteiger partial charge on any atom is -0.325 e. The third-order valence-corrected chi connectivity index (χ3v) is 1.42. The topological polar surface area (TPSA) is 42.0 Å². The van der Waals surface area contributed by atoms with E-state index < -0.39 is 0 Å². The number of hydrogen-bond donors (Lipinski definition) is 1. The largest absolute Gasteiger partial charge is 0.325 e. The van der Waals surface area contributed by atoms with E-state index in [0.29, 0.717) is 6.42 Å². The molecule has 0 atom stereocenters. The highest BCUT2D eigenvalue weighted by Crippen LogP contribution is 2.03. The molecule has 1 aromatic heterocycles. The van der Waals surface area contributed by atoms with Crippen molar-refractivity contribution in [2.24, 2.45) is 0 Å². The predicted octanol–water partition coefficient (Wildman–Crippen LogP) is 1.82. The fourth-order valence-electron chi connectivity index (χ4n) is 0.887. The first-order chi connectivity index (χ1) is 5.83. The van der Waals surface area contributed by atoms with Gasteiger partial charge in [0.15, 0.2) is 0 Å². The van der Waals surface area contributed by atoms with Crippen LogP contribution in [0.25, 0.3) is 0 Å². The van der Waals surface area contributed by atoms with E-state index >= 15 is 0 Å². The maximum atomic E-state index is 11.1. The van der Waals surface area contributed by atoms with Gasteiger partial charge in [0.1, 0.15) is 0 Å². The molecule has 0 saturated carbocycles. The third-order valence-electron chi connectivity index (χ3n) is 1.42. The number of hydrogen-bond acceptors (Lipinski definition) is 2. The van der Waals surface area contributed by atoms with E-state index in [1.165, 1.54) is 0 Å². The van der Waals surface area contributed by atoms with Crippen molar-refractivity contribution in [3.05, 3.63) is 24.5 Å². The highest BCUT2D eigenvalue weighted by atomic mass is 16.1. The second-order valence-electron chi connectivity index (χ2n) is 2.54. The summed E-state index contributed by atoms with van der Waals surface area (Å²) >= 11 is 0. The van der Waals surface area contributed by atoms with E-state index in [1.54, 1.807) is 18.5 Å². The third kappa shape index (κ3) is 2.70. The average molecular weight is 164 g/mol. The van der Waals surface area contributed by atoms with Crippen molar-refractivity contribution in [2.75, 3.05) is 5.32 Å². The van der Waals surface area contributed by atoms with E-state index in [2.05, 4.69) is 10.3 Å². The minimum absolute atomic E-state index is 0.0468. The molecule has 1 N–H and O–H groups in total. The molecule has 0 aliphatic rings. The SMILES string of the molecule is CCCC(=O)Nc1cccnc1. The van der Waals surface area contributed by atoms with Gasteiger partial charge in [-0.3, -0.25) is 9.78 Å². The average Bonchev–Trinajstić information content (AvgIpc) is 2.06. The van der Waals surface area contributed by atoms with Gasteiger partial charge in [0, 0.05) is 12.6 Å². The Labute approximate surface area is 71.8 Å². The highest BCUT2D eigenvalue weighted by Gasteiger charge is 1.98. The fraction of sp³-hybridized carbons (Fsp3) is 0.333. The standard InChI is InChI=1S/C9H12N2O/c1-2-4-9(12)11-8-5-3-6-10-7-8/h3,5-7H,2,4H2,1H3,(H,11,12). The molecule has 12 heavy (non-hydrogen) atoms. The lowest BCUT2D eigenvalue weighted by atomic mass is 10.3. The highest BCUT2D eigenvalue weighted by molar-refractivity contribution is 5.90. The van der Waals surface area contributed by atoms with Crippen LogP contribution in [0.5, 0.6) is 0 Å². The van der Waals surface area contributed by atoms with Gasteiger partial charge in [-0.25, -0.2) is 0 Å².